The molecule has 0 saturated heterocycles. The van der Waals surface area contributed by atoms with Gasteiger partial charge in [-0.1, -0.05) is 19.3 Å². The number of ether oxygens (including phenoxy) is 1. The quantitative estimate of drug-likeness (QED) is 0.535. The first-order valence-electron chi connectivity index (χ1n) is 6.01. The summed E-state index contributed by atoms with van der Waals surface area (Å²) in [6.07, 6.45) is 7.35. The SMILES string of the molecule is CC(=O)O[C@@]1(O)CC[C@@H]2CCCC[C@@H]2C1. The Kier molecular flexibility index (Phi) is 3.01. The molecule has 0 heterocycles. The first-order valence-corrected chi connectivity index (χ1v) is 6.01. The van der Waals surface area contributed by atoms with Crippen LogP contribution in [0.3, 0.4) is 0 Å². The van der Waals surface area contributed by atoms with Gasteiger partial charge in [0.1, 0.15) is 0 Å². The van der Waals surface area contributed by atoms with Crippen molar-refractivity contribution in [3.05, 3.63) is 0 Å². The molecule has 0 aromatic heterocycles. The molecule has 2 saturated carbocycles. The van der Waals surface area contributed by atoms with Crippen LogP contribution in [0.5, 0.6) is 0 Å². The Morgan fingerprint density at radius 1 is 1.27 bits per heavy atom. The lowest BCUT2D eigenvalue weighted by Gasteiger charge is -2.42. The molecule has 86 valence electrons. The summed E-state index contributed by atoms with van der Waals surface area (Å²) in [4.78, 5) is 10.9. The number of hydrogen-bond donors (Lipinski definition) is 1. The third-order valence-electron chi connectivity index (χ3n) is 3.89. The average Bonchev–Trinajstić information content (AvgIpc) is 2.15. The first-order chi connectivity index (χ1) is 7.09. The van der Waals surface area contributed by atoms with E-state index in [1.165, 1.54) is 32.6 Å². The van der Waals surface area contributed by atoms with Crippen LogP contribution in [0.4, 0.5) is 0 Å². The summed E-state index contributed by atoms with van der Waals surface area (Å²) in [6.45, 7) is 1.37. The lowest BCUT2D eigenvalue weighted by Crippen LogP contribution is -2.43. The fourth-order valence-electron chi connectivity index (χ4n) is 3.22. The molecular weight excluding hydrogens is 192 g/mol. The summed E-state index contributed by atoms with van der Waals surface area (Å²) in [7, 11) is 0. The van der Waals surface area contributed by atoms with Gasteiger partial charge in [0.25, 0.3) is 0 Å². The van der Waals surface area contributed by atoms with Crippen molar-refractivity contribution in [3.8, 4) is 0 Å². The Labute approximate surface area is 90.8 Å². The van der Waals surface area contributed by atoms with Crippen molar-refractivity contribution in [1.82, 2.24) is 0 Å². The second kappa shape index (κ2) is 4.12. The van der Waals surface area contributed by atoms with Gasteiger partial charge in [0.15, 0.2) is 0 Å². The molecular formula is C12H20O3. The van der Waals surface area contributed by atoms with Crippen LogP contribution in [0.2, 0.25) is 0 Å². The molecule has 2 aliphatic rings. The molecule has 2 fully saturated rings. The minimum Gasteiger partial charge on any atom is -0.433 e. The maximum absolute atomic E-state index is 10.9. The lowest BCUT2D eigenvalue weighted by atomic mass is 9.69. The van der Waals surface area contributed by atoms with E-state index in [0.717, 1.165) is 12.3 Å². The van der Waals surface area contributed by atoms with Crippen molar-refractivity contribution in [2.75, 3.05) is 0 Å². The highest BCUT2D eigenvalue weighted by Gasteiger charge is 2.42. The zero-order valence-corrected chi connectivity index (χ0v) is 9.37. The van der Waals surface area contributed by atoms with Crippen LogP contribution in [0.25, 0.3) is 0 Å². The molecule has 3 heteroatoms. The topological polar surface area (TPSA) is 46.5 Å². The van der Waals surface area contributed by atoms with E-state index in [9.17, 15) is 9.90 Å². The molecule has 0 amide bonds. The number of hydrogen-bond acceptors (Lipinski definition) is 3. The number of rotatable bonds is 1. The Morgan fingerprint density at radius 3 is 2.60 bits per heavy atom. The zero-order valence-electron chi connectivity index (χ0n) is 9.37. The largest absolute Gasteiger partial charge is 0.433 e. The van der Waals surface area contributed by atoms with Gasteiger partial charge in [0.05, 0.1) is 0 Å². The molecule has 2 rings (SSSR count). The summed E-state index contributed by atoms with van der Waals surface area (Å²) in [5.41, 5.74) is 0. The van der Waals surface area contributed by atoms with E-state index in [1.807, 2.05) is 0 Å². The minimum absolute atomic E-state index is 0.369. The number of fused-ring (bicyclic) bond motifs is 1. The summed E-state index contributed by atoms with van der Waals surface area (Å²) < 4.78 is 5.04. The Balaban J connectivity index is 1.97. The van der Waals surface area contributed by atoms with E-state index in [2.05, 4.69) is 0 Å². The molecule has 0 aromatic carbocycles. The van der Waals surface area contributed by atoms with Crippen LogP contribution >= 0.6 is 0 Å². The molecule has 3 nitrogen and oxygen atoms in total. The van der Waals surface area contributed by atoms with Crippen molar-refractivity contribution in [3.63, 3.8) is 0 Å². The molecule has 3 atom stereocenters. The van der Waals surface area contributed by atoms with Gasteiger partial charge in [-0.05, 0) is 24.7 Å². The molecule has 0 unspecified atom stereocenters. The Hall–Kier alpha value is -0.570. The van der Waals surface area contributed by atoms with E-state index < -0.39 is 5.79 Å². The summed E-state index contributed by atoms with van der Waals surface area (Å²) in [6, 6.07) is 0. The van der Waals surface area contributed by atoms with E-state index in [0.29, 0.717) is 18.8 Å². The highest BCUT2D eigenvalue weighted by molar-refractivity contribution is 5.66. The van der Waals surface area contributed by atoms with E-state index in [4.69, 9.17) is 4.74 Å². The van der Waals surface area contributed by atoms with Gasteiger partial charge in [-0.3, -0.25) is 4.79 Å². The predicted octanol–water partition coefficient (Wildman–Crippen LogP) is 2.23. The van der Waals surface area contributed by atoms with E-state index in [-0.39, 0.29) is 5.97 Å². The average molecular weight is 212 g/mol. The fraction of sp³-hybridized carbons (Fsp3) is 0.917. The van der Waals surface area contributed by atoms with Crippen molar-refractivity contribution in [2.24, 2.45) is 11.8 Å². The maximum Gasteiger partial charge on any atom is 0.305 e. The van der Waals surface area contributed by atoms with Crippen LogP contribution in [-0.2, 0) is 9.53 Å². The summed E-state index contributed by atoms with van der Waals surface area (Å²) in [5.74, 6) is -0.206. The van der Waals surface area contributed by atoms with Gasteiger partial charge in [-0.25, -0.2) is 0 Å². The van der Waals surface area contributed by atoms with E-state index >= 15 is 0 Å². The van der Waals surface area contributed by atoms with Gasteiger partial charge in [-0.2, -0.15) is 0 Å². The molecule has 0 aromatic rings. The highest BCUT2D eigenvalue weighted by atomic mass is 16.7. The monoisotopic (exact) mass is 212 g/mol. The van der Waals surface area contributed by atoms with Gasteiger partial charge in [0, 0.05) is 19.8 Å². The zero-order chi connectivity index (χ0) is 10.9. The number of carbonyl (C=O) groups is 1. The second-order valence-corrected chi connectivity index (χ2v) is 5.09. The molecule has 15 heavy (non-hydrogen) atoms. The molecule has 0 spiro atoms. The van der Waals surface area contributed by atoms with Gasteiger partial charge in [-0.15, -0.1) is 0 Å². The van der Waals surface area contributed by atoms with Crippen LogP contribution in [0, 0.1) is 11.8 Å². The second-order valence-electron chi connectivity index (χ2n) is 5.09. The van der Waals surface area contributed by atoms with Gasteiger partial charge in [0.2, 0.25) is 5.79 Å². The van der Waals surface area contributed by atoms with Crippen LogP contribution in [-0.4, -0.2) is 16.9 Å². The molecule has 0 bridgehead atoms. The van der Waals surface area contributed by atoms with Crippen molar-refractivity contribution in [1.29, 1.82) is 0 Å². The van der Waals surface area contributed by atoms with Crippen LogP contribution in [0.1, 0.15) is 51.9 Å². The van der Waals surface area contributed by atoms with Gasteiger partial charge < -0.3 is 9.84 Å². The fourth-order valence-corrected chi connectivity index (χ4v) is 3.22. The van der Waals surface area contributed by atoms with Crippen LogP contribution < -0.4 is 0 Å². The Morgan fingerprint density at radius 2 is 1.93 bits per heavy atom. The standard InChI is InChI=1S/C12H20O3/c1-9(13)15-12(14)7-6-10-4-2-3-5-11(10)8-12/h10-11,14H,2-8H2,1H3/t10-,11+,12-/m0/s1. The third kappa shape index (κ3) is 2.51. The Bertz CT molecular complexity index is 251. The minimum atomic E-state index is -1.16. The van der Waals surface area contributed by atoms with E-state index in [1.54, 1.807) is 0 Å². The smallest absolute Gasteiger partial charge is 0.305 e. The molecule has 0 aliphatic heterocycles. The first kappa shape index (κ1) is 10.9. The molecule has 0 radical (unpaired) electrons. The number of aliphatic hydroxyl groups is 1. The maximum atomic E-state index is 10.9. The van der Waals surface area contributed by atoms with Crippen molar-refractivity contribution < 1.29 is 14.6 Å². The molecule has 1 N–H and O–H groups in total. The third-order valence-corrected chi connectivity index (χ3v) is 3.89. The van der Waals surface area contributed by atoms with Crippen molar-refractivity contribution in [2.45, 2.75) is 57.7 Å². The molecule has 2 aliphatic carbocycles. The predicted molar refractivity (Wildman–Crippen MR) is 56.0 cm³/mol. The number of esters is 1. The number of carbonyl (C=O) groups excluding carboxylic acids is 1. The lowest BCUT2D eigenvalue weighted by molar-refractivity contribution is -0.230. The van der Waals surface area contributed by atoms with Crippen LogP contribution in [0.15, 0.2) is 0 Å². The normalized spacial score (nSPS) is 40.7. The highest BCUT2D eigenvalue weighted by Crippen LogP contribution is 2.44. The summed E-state index contributed by atoms with van der Waals surface area (Å²) >= 11 is 0. The van der Waals surface area contributed by atoms with Gasteiger partial charge >= 0.3 is 5.97 Å². The van der Waals surface area contributed by atoms with Crippen molar-refractivity contribution >= 4 is 5.97 Å². The summed E-state index contributed by atoms with van der Waals surface area (Å²) in [5, 5.41) is 10.1.